The SMILES string of the molecule is Cc1ccc(NC(=O)N2CCC(C)(C(=O)O)C2)cc1[N+](=O)[O-]. The van der Waals surface area contributed by atoms with Crippen LogP contribution in [0.1, 0.15) is 18.9 Å². The molecule has 8 nitrogen and oxygen atoms in total. The zero-order chi connectivity index (χ0) is 16.5. The number of carboxylic acids is 1. The van der Waals surface area contributed by atoms with Gasteiger partial charge in [-0.3, -0.25) is 14.9 Å². The number of carbonyl (C=O) groups excluding carboxylic acids is 1. The quantitative estimate of drug-likeness (QED) is 0.656. The molecule has 0 spiro atoms. The van der Waals surface area contributed by atoms with Crippen LogP contribution in [0.15, 0.2) is 18.2 Å². The molecule has 1 saturated heterocycles. The maximum absolute atomic E-state index is 12.1. The summed E-state index contributed by atoms with van der Waals surface area (Å²) in [5.41, 5.74) is -0.209. The zero-order valence-corrected chi connectivity index (χ0v) is 12.3. The molecule has 118 valence electrons. The number of rotatable bonds is 3. The molecular weight excluding hydrogens is 290 g/mol. The van der Waals surface area contributed by atoms with E-state index in [4.69, 9.17) is 5.11 Å². The number of hydrogen-bond acceptors (Lipinski definition) is 4. The highest BCUT2D eigenvalue weighted by atomic mass is 16.6. The van der Waals surface area contributed by atoms with E-state index in [1.807, 2.05) is 0 Å². The molecule has 0 aromatic heterocycles. The third-order valence-corrected chi connectivity index (χ3v) is 3.93. The largest absolute Gasteiger partial charge is 0.481 e. The normalized spacial score (nSPS) is 20.7. The first-order chi connectivity index (χ1) is 10.2. The highest BCUT2D eigenvalue weighted by Crippen LogP contribution is 2.30. The van der Waals surface area contributed by atoms with Gasteiger partial charge in [0.2, 0.25) is 0 Å². The van der Waals surface area contributed by atoms with Crippen LogP contribution in [0.4, 0.5) is 16.2 Å². The monoisotopic (exact) mass is 307 g/mol. The van der Waals surface area contributed by atoms with Crippen LogP contribution in [-0.4, -0.2) is 40.0 Å². The van der Waals surface area contributed by atoms with Crippen molar-refractivity contribution in [2.45, 2.75) is 20.3 Å². The van der Waals surface area contributed by atoms with Crippen LogP contribution in [-0.2, 0) is 4.79 Å². The molecule has 1 aliphatic rings. The number of amides is 2. The molecule has 1 atom stereocenters. The molecule has 1 unspecified atom stereocenters. The molecule has 1 aromatic rings. The Labute approximate surface area is 126 Å². The van der Waals surface area contributed by atoms with Gasteiger partial charge in [0.25, 0.3) is 5.69 Å². The van der Waals surface area contributed by atoms with Gasteiger partial charge >= 0.3 is 12.0 Å². The molecule has 0 saturated carbocycles. The van der Waals surface area contributed by atoms with E-state index in [2.05, 4.69) is 5.32 Å². The van der Waals surface area contributed by atoms with E-state index in [-0.39, 0.29) is 12.2 Å². The molecule has 1 aliphatic heterocycles. The van der Waals surface area contributed by atoms with Crippen molar-refractivity contribution in [2.75, 3.05) is 18.4 Å². The minimum atomic E-state index is -0.948. The van der Waals surface area contributed by atoms with Crippen molar-refractivity contribution < 1.29 is 19.6 Å². The van der Waals surface area contributed by atoms with Crippen LogP contribution in [0.2, 0.25) is 0 Å². The standard InChI is InChI=1S/C14H17N3O5/c1-9-3-4-10(7-11(9)17(21)22)15-13(20)16-6-5-14(2,8-16)12(18)19/h3-4,7H,5-6,8H2,1-2H3,(H,15,20)(H,18,19). The lowest BCUT2D eigenvalue weighted by Gasteiger charge is -2.20. The maximum atomic E-state index is 12.1. The Morgan fingerprint density at radius 2 is 2.14 bits per heavy atom. The molecule has 0 radical (unpaired) electrons. The van der Waals surface area contributed by atoms with E-state index >= 15 is 0 Å². The molecule has 8 heteroatoms. The number of hydrogen-bond donors (Lipinski definition) is 2. The summed E-state index contributed by atoms with van der Waals surface area (Å²) in [6.07, 6.45) is 0.379. The van der Waals surface area contributed by atoms with Crippen LogP contribution >= 0.6 is 0 Å². The van der Waals surface area contributed by atoms with E-state index in [0.29, 0.717) is 24.2 Å². The number of carboxylic acid groups (broad SMARTS) is 1. The molecular formula is C14H17N3O5. The summed E-state index contributed by atoms with van der Waals surface area (Å²) < 4.78 is 0. The number of nitro groups is 1. The number of benzene rings is 1. The second-order valence-corrected chi connectivity index (χ2v) is 5.73. The lowest BCUT2D eigenvalue weighted by atomic mass is 9.90. The van der Waals surface area contributed by atoms with E-state index < -0.39 is 22.3 Å². The van der Waals surface area contributed by atoms with Gasteiger partial charge in [-0.15, -0.1) is 0 Å². The lowest BCUT2D eigenvalue weighted by molar-refractivity contribution is -0.385. The topological polar surface area (TPSA) is 113 Å². The third-order valence-electron chi connectivity index (χ3n) is 3.93. The molecule has 1 aromatic carbocycles. The predicted octanol–water partition coefficient (Wildman–Crippen LogP) is 2.23. The van der Waals surface area contributed by atoms with Crippen molar-refractivity contribution in [3.05, 3.63) is 33.9 Å². The number of aryl methyl sites for hydroxylation is 1. The minimum Gasteiger partial charge on any atom is -0.481 e. The van der Waals surface area contributed by atoms with Gasteiger partial charge in [-0.1, -0.05) is 6.07 Å². The molecule has 1 fully saturated rings. The summed E-state index contributed by atoms with van der Waals surface area (Å²) in [5.74, 6) is -0.936. The number of anilines is 1. The Kier molecular flexibility index (Phi) is 4.03. The summed E-state index contributed by atoms with van der Waals surface area (Å²) in [6, 6.07) is 3.97. The molecule has 1 heterocycles. The highest BCUT2D eigenvalue weighted by Gasteiger charge is 2.42. The van der Waals surface area contributed by atoms with Gasteiger partial charge in [0.15, 0.2) is 0 Å². The average molecular weight is 307 g/mol. The van der Waals surface area contributed by atoms with E-state index in [0.717, 1.165) is 0 Å². The molecule has 2 amide bonds. The van der Waals surface area contributed by atoms with Crippen LogP contribution in [0.5, 0.6) is 0 Å². The highest BCUT2D eigenvalue weighted by molar-refractivity contribution is 5.90. The van der Waals surface area contributed by atoms with Crippen LogP contribution in [0, 0.1) is 22.5 Å². The first kappa shape index (κ1) is 15.7. The minimum absolute atomic E-state index is 0.0744. The maximum Gasteiger partial charge on any atom is 0.321 e. The second kappa shape index (κ2) is 5.63. The van der Waals surface area contributed by atoms with Crippen LogP contribution < -0.4 is 5.32 Å². The van der Waals surface area contributed by atoms with Gasteiger partial charge in [0.05, 0.1) is 10.3 Å². The van der Waals surface area contributed by atoms with Crippen LogP contribution in [0.25, 0.3) is 0 Å². The number of aliphatic carboxylic acids is 1. The van der Waals surface area contributed by atoms with Gasteiger partial charge < -0.3 is 15.3 Å². The fraction of sp³-hybridized carbons (Fsp3) is 0.429. The smallest absolute Gasteiger partial charge is 0.321 e. The Morgan fingerprint density at radius 1 is 1.45 bits per heavy atom. The van der Waals surface area contributed by atoms with E-state index in [1.165, 1.54) is 11.0 Å². The Bertz CT molecular complexity index is 645. The molecule has 2 rings (SSSR count). The fourth-order valence-corrected chi connectivity index (χ4v) is 2.40. The molecule has 2 N–H and O–H groups in total. The summed E-state index contributed by atoms with van der Waals surface area (Å²) in [6.45, 7) is 3.66. The summed E-state index contributed by atoms with van der Waals surface area (Å²) in [4.78, 5) is 35.1. The summed E-state index contributed by atoms with van der Waals surface area (Å²) >= 11 is 0. The average Bonchev–Trinajstić information content (AvgIpc) is 2.85. The van der Waals surface area contributed by atoms with Crippen molar-refractivity contribution in [1.82, 2.24) is 4.90 Å². The van der Waals surface area contributed by atoms with Crippen molar-refractivity contribution in [1.29, 1.82) is 0 Å². The van der Waals surface area contributed by atoms with Gasteiger partial charge in [0, 0.05) is 30.4 Å². The van der Waals surface area contributed by atoms with E-state index in [1.54, 1.807) is 26.0 Å². The Balaban J connectivity index is 2.09. The molecule has 0 aliphatic carbocycles. The van der Waals surface area contributed by atoms with Crippen LogP contribution in [0.3, 0.4) is 0 Å². The second-order valence-electron chi connectivity index (χ2n) is 5.73. The number of nitrogens with one attached hydrogen (secondary N) is 1. The van der Waals surface area contributed by atoms with Gasteiger partial charge in [-0.2, -0.15) is 0 Å². The summed E-state index contributed by atoms with van der Waals surface area (Å²) in [5, 5.41) is 22.6. The van der Waals surface area contributed by atoms with Gasteiger partial charge in [-0.05, 0) is 26.3 Å². The third kappa shape index (κ3) is 3.00. The molecule has 0 bridgehead atoms. The predicted molar refractivity (Wildman–Crippen MR) is 78.8 cm³/mol. The summed E-state index contributed by atoms with van der Waals surface area (Å²) in [7, 11) is 0. The first-order valence-corrected chi connectivity index (χ1v) is 6.77. The van der Waals surface area contributed by atoms with Crippen molar-refractivity contribution in [2.24, 2.45) is 5.41 Å². The lowest BCUT2D eigenvalue weighted by Crippen LogP contribution is -2.37. The number of likely N-dealkylation sites (tertiary alicyclic amines) is 1. The first-order valence-electron chi connectivity index (χ1n) is 6.77. The van der Waals surface area contributed by atoms with E-state index in [9.17, 15) is 19.7 Å². The van der Waals surface area contributed by atoms with Crippen molar-refractivity contribution in [3.8, 4) is 0 Å². The zero-order valence-electron chi connectivity index (χ0n) is 12.3. The fourth-order valence-electron chi connectivity index (χ4n) is 2.40. The van der Waals surface area contributed by atoms with Gasteiger partial charge in [-0.25, -0.2) is 4.79 Å². The Hall–Kier alpha value is -2.64. The number of nitro benzene ring substituents is 1. The number of carbonyl (C=O) groups is 2. The van der Waals surface area contributed by atoms with Crippen molar-refractivity contribution in [3.63, 3.8) is 0 Å². The van der Waals surface area contributed by atoms with Crippen molar-refractivity contribution >= 4 is 23.4 Å². The van der Waals surface area contributed by atoms with Gasteiger partial charge in [0.1, 0.15) is 0 Å². The molecule has 22 heavy (non-hydrogen) atoms. The number of urea groups is 1. The number of nitrogens with zero attached hydrogens (tertiary/aromatic N) is 2. The Morgan fingerprint density at radius 3 is 2.68 bits per heavy atom.